The maximum atomic E-state index is 11.9. The molecular weight excluding hydrogens is 380 g/mol. The minimum absolute atomic E-state index is 0.0127. The Hall–Kier alpha value is -1.47. The smallest absolute Gasteiger partial charge is 0.275 e. The Balaban J connectivity index is 2.47. The van der Waals surface area contributed by atoms with Gasteiger partial charge in [0.2, 0.25) is 0 Å². The van der Waals surface area contributed by atoms with E-state index in [-0.39, 0.29) is 17.8 Å². The summed E-state index contributed by atoms with van der Waals surface area (Å²) in [5, 5.41) is 11.0. The van der Waals surface area contributed by atoms with Gasteiger partial charge in [0.05, 0.1) is 15.9 Å². The Labute approximate surface area is 125 Å². The normalized spacial score (nSPS) is 10.4. The van der Waals surface area contributed by atoms with E-state index < -0.39 is 4.92 Å². The number of nitro groups is 1. The van der Waals surface area contributed by atoms with Crippen molar-refractivity contribution in [3.63, 3.8) is 0 Å². The highest BCUT2D eigenvalue weighted by Gasteiger charge is 2.15. The molecule has 0 bridgehead atoms. The molecule has 5 nitrogen and oxygen atoms in total. The average molecular weight is 388 g/mol. The maximum absolute atomic E-state index is 11.9. The highest BCUT2D eigenvalue weighted by Crippen LogP contribution is 2.24. The molecule has 0 spiro atoms. The monoisotopic (exact) mass is 386 g/mol. The molecule has 1 heterocycles. The van der Waals surface area contributed by atoms with Crippen LogP contribution in [-0.4, -0.2) is 9.49 Å². The second-order valence-electron chi connectivity index (χ2n) is 3.82. The number of nitro benzene ring substituents is 1. The van der Waals surface area contributed by atoms with E-state index in [1.807, 2.05) is 0 Å². The number of aromatic nitrogens is 1. The van der Waals surface area contributed by atoms with Gasteiger partial charge in [-0.1, -0.05) is 15.9 Å². The number of hydrogen-bond donors (Lipinski definition) is 0. The second-order valence-corrected chi connectivity index (χ2v) is 5.59. The summed E-state index contributed by atoms with van der Waals surface area (Å²) in [6.07, 6.45) is 1.60. The summed E-state index contributed by atoms with van der Waals surface area (Å²) in [7, 11) is 0. The first-order chi connectivity index (χ1) is 8.99. The van der Waals surface area contributed by atoms with E-state index >= 15 is 0 Å². The minimum Gasteiger partial charge on any atom is -0.310 e. The number of benzene rings is 1. The molecule has 1 aromatic heterocycles. The van der Waals surface area contributed by atoms with E-state index in [4.69, 9.17) is 0 Å². The molecule has 2 aromatic rings. The van der Waals surface area contributed by atoms with Crippen LogP contribution in [0, 0.1) is 10.1 Å². The Morgan fingerprint density at radius 3 is 2.68 bits per heavy atom. The van der Waals surface area contributed by atoms with E-state index in [1.54, 1.807) is 30.5 Å². The van der Waals surface area contributed by atoms with Gasteiger partial charge in [0, 0.05) is 22.3 Å². The fourth-order valence-electron chi connectivity index (χ4n) is 1.66. The molecule has 0 saturated carbocycles. The van der Waals surface area contributed by atoms with Crippen molar-refractivity contribution in [1.82, 2.24) is 4.57 Å². The van der Waals surface area contributed by atoms with E-state index in [0.717, 1.165) is 0 Å². The second kappa shape index (κ2) is 5.66. The summed E-state index contributed by atoms with van der Waals surface area (Å²) in [6, 6.07) is 8.12. The molecule has 0 aliphatic carbocycles. The summed E-state index contributed by atoms with van der Waals surface area (Å²) >= 11 is 6.34. The highest BCUT2D eigenvalue weighted by molar-refractivity contribution is 9.10. The van der Waals surface area contributed by atoms with Crippen LogP contribution in [0.5, 0.6) is 0 Å². The van der Waals surface area contributed by atoms with Crippen molar-refractivity contribution in [3.05, 3.63) is 71.5 Å². The predicted molar refractivity (Wildman–Crippen MR) is 78.3 cm³/mol. The Kier molecular flexibility index (Phi) is 4.16. The molecule has 19 heavy (non-hydrogen) atoms. The molecule has 0 N–H and O–H groups in total. The van der Waals surface area contributed by atoms with Crippen LogP contribution in [-0.2, 0) is 6.54 Å². The molecule has 2 rings (SSSR count). The molecule has 0 aliphatic rings. The average Bonchev–Trinajstić information content (AvgIpc) is 2.36. The number of nitrogens with zero attached hydrogens (tertiary/aromatic N) is 2. The van der Waals surface area contributed by atoms with Crippen LogP contribution in [0.15, 0.2) is 50.3 Å². The van der Waals surface area contributed by atoms with Gasteiger partial charge in [-0.25, -0.2) is 0 Å². The zero-order valence-corrected chi connectivity index (χ0v) is 12.7. The van der Waals surface area contributed by atoms with Gasteiger partial charge in [-0.05, 0) is 40.2 Å². The lowest BCUT2D eigenvalue weighted by Crippen LogP contribution is -2.20. The largest absolute Gasteiger partial charge is 0.310 e. The van der Waals surface area contributed by atoms with E-state index in [1.165, 1.54) is 10.6 Å². The number of pyridine rings is 1. The van der Waals surface area contributed by atoms with Crippen LogP contribution in [0.1, 0.15) is 5.56 Å². The lowest BCUT2D eigenvalue weighted by molar-refractivity contribution is -0.385. The zero-order chi connectivity index (χ0) is 14.0. The van der Waals surface area contributed by atoms with Crippen LogP contribution in [0.2, 0.25) is 0 Å². The van der Waals surface area contributed by atoms with Crippen LogP contribution < -0.4 is 5.56 Å². The Morgan fingerprint density at radius 1 is 1.26 bits per heavy atom. The summed E-state index contributed by atoms with van der Waals surface area (Å²) in [5.74, 6) is 0. The summed E-state index contributed by atoms with van der Waals surface area (Å²) in [5.41, 5.74) is 0.245. The van der Waals surface area contributed by atoms with E-state index in [2.05, 4.69) is 31.9 Å². The van der Waals surface area contributed by atoms with E-state index in [0.29, 0.717) is 14.5 Å². The third-order valence-corrected chi connectivity index (χ3v) is 3.66. The van der Waals surface area contributed by atoms with Crippen LogP contribution >= 0.6 is 31.9 Å². The Bertz CT molecular complexity index is 698. The quantitative estimate of drug-likeness (QED) is 0.599. The molecule has 0 saturated heterocycles. The molecule has 98 valence electrons. The molecule has 7 heteroatoms. The maximum Gasteiger partial charge on any atom is 0.275 e. The van der Waals surface area contributed by atoms with Gasteiger partial charge in [-0.3, -0.25) is 14.9 Å². The SMILES string of the molecule is O=c1c(Br)cccn1Cc1ccc(Br)cc1[N+](=O)[O-]. The van der Waals surface area contributed by atoms with Gasteiger partial charge in [-0.2, -0.15) is 0 Å². The standard InChI is InChI=1S/C12H8Br2N2O3/c13-9-4-3-8(11(6-9)16(18)19)7-15-5-1-2-10(14)12(15)17/h1-6H,7H2. The van der Waals surface area contributed by atoms with Crippen molar-refractivity contribution in [3.8, 4) is 0 Å². The summed E-state index contributed by atoms with van der Waals surface area (Å²) in [6.45, 7) is 0.155. The van der Waals surface area contributed by atoms with Gasteiger partial charge in [0.25, 0.3) is 11.2 Å². The fraction of sp³-hybridized carbons (Fsp3) is 0.0833. The summed E-state index contributed by atoms with van der Waals surface area (Å²) in [4.78, 5) is 22.4. The third-order valence-electron chi connectivity index (χ3n) is 2.56. The molecule has 0 amide bonds. The van der Waals surface area contributed by atoms with Gasteiger partial charge in [0.1, 0.15) is 0 Å². The van der Waals surface area contributed by atoms with Crippen molar-refractivity contribution in [1.29, 1.82) is 0 Å². The molecule has 0 fully saturated rings. The molecule has 0 unspecified atom stereocenters. The lowest BCUT2D eigenvalue weighted by atomic mass is 10.2. The van der Waals surface area contributed by atoms with Crippen molar-refractivity contribution < 1.29 is 4.92 Å². The molecule has 1 aromatic carbocycles. The van der Waals surface area contributed by atoms with Gasteiger partial charge >= 0.3 is 0 Å². The first kappa shape index (κ1) is 14.0. The molecule has 0 atom stereocenters. The van der Waals surface area contributed by atoms with Crippen LogP contribution in [0.25, 0.3) is 0 Å². The first-order valence-electron chi connectivity index (χ1n) is 5.27. The van der Waals surface area contributed by atoms with Crippen molar-refractivity contribution >= 4 is 37.5 Å². The van der Waals surface area contributed by atoms with Crippen molar-refractivity contribution in [2.45, 2.75) is 6.54 Å². The molecule has 0 radical (unpaired) electrons. The predicted octanol–water partition coefficient (Wildman–Crippen LogP) is 3.33. The van der Waals surface area contributed by atoms with Crippen molar-refractivity contribution in [2.75, 3.05) is 0 Å². The topological polar surface area (TPSA) is 65.1 Å². The molecular formula is C12H8Br2N2O3. The zero-order valence-electron chi connectivity index (χ0n) is 9.55. The first-order valence-corrected chi connectivity index (χ1v) is 6.85. The van der Waals surface area contributed by atoms with Gasteiger partial charge in [-0.15, -0.1) is 0 Å². The number of halogens is 2. The lowest BCUT2D eigenvalue weighted by Gasteiger charge is -2.07. The third kappa shape index (κ3) is 3.10. The van der Waals surface area contributed by atoms with Crippen molar-refractivity contribution in [2.24, 2.45) is 0 Å². The fourth-order valence-corrected chi connectivity index (χ4v) is 2.39. The Morgan fingerprint density at radius 2 is 2.00 bits per heavy atom. The van der Waals surface area contributed by atoms with Crippen LogP contribution in [0.4, 0.5) is 5.69 Å². The number of hydrogen-bond acceptors (Lipinski definition) is 3. The van der Waals surface area contributed by atoms with E-state index in [9.17, 15) is 14.9 Å². The van der Waals surface area contributed by atoms with Crippen LogP contribution in [0.3, 0.4) is 0 Å². The summed E-state index contributed by atoms with van der Waals surface area (Å²) < 4.78 is 2.47. The minimum atomic E-state index is -0.455. The molecule has 0 aliphatic heterocycles. The van der Waals surface area contributed by atoms with Gasteiger partial charge in [0.15, 0.2) is 0 Å². The van der Waals surface area contributed by atoms with Gasteiger partial charge < -0.3 is 4.57 Å². The number of rotatable bonds is 3. The highest BCUT2D eigenvalue weighted by atomic mass is 79.9.